The minimum Gasteiger partial charge on any atom is -0.252 e. The molecule has 0 spiro atoms. The van der Waals surface area contributed by atoms with E-state index in [1.165, 1.54) is 11.3 Å². The van der Waals surface area contributed by atoms with Gasteiger partial charge in [-0.2, -0.15) is 5.10 Å². The third kappa shape index (κ3) is 1.06. The fraction of sp³-hybridized carbons (Fsp3) is 0. The fourth-order valence-electron chi connectivity index (χ4n) is 1.10. The Morgan fingerprint density at radius 1 is 1.23 bits per heavy atom. The van der Waals surface area contributed by atoms with Gasteiger partial charge in [0.15, 0.2) is 0 Å². The number of fused-ring (bicyclic) bond motifs is 1. The van der Waals surface area contributed by atoms with Crippen molar-refractivity contribution < 1.29 is 0 Å². The third-order valence-electron chi connectivity index (χ3n) is 1.67. The lowest BCUT2D eigenvalue weighted by atomic mass is 10.4. The molecular formula is C7H4N4S2. The van der Waals surface area contributed by atoms with Crippen molar-refractivity contribution in [2.45, 2.75) is 0 Å². The average molecular weight is 208 g/mol. The van der Waals surface area contributed by atoms with Crippen LogP contribution in [-0.2, 0) is 0 Å². The van der Waals surface area contributed by atoms with E-state index in [0.29, 0.717) is 0 Å². The lowest BCUT2D eigenvalue weighted by Crippen LogP contribution is -1.75. The monoisotopic (exact) mass is 208 g/mol. The molecule has 0 saturated carbocycles. The Labute approximate surface area is 81.5 Å². The molecule has 3 aromatic heterocycles. The van der Waals surface area contributed by atoms with E-state index in [9.17, 15) is 0 Å². The van der Waals surface area contributed by atoms with Crippen LogP contribution >= 0.6 is 22.7 Å². The summed E-state index contributed by atoms with van der Waals surface area (Å²) in [6.45, 7) is 0. The SMILES string of the molecule is c1ncc(-c2cn3ncsc3n2)s1. The summed E-state index contributed by atoms with van der Waals surface area (Å²) in [4.78, 5) is 10.4. The zero-order chi connectivity index (χ0) is 8.67. The first-order valence-corrected chi connectivity index (χ1v) is 5.37. The lowest BCUT2D eigenvalue weighted by Gasteiger charge is -1.82. The van der Waals surface area contributed by atoms with Gasteiger partial charge in [-0.3, -0.25) is 4.98 Å². The lowest BCUT2D eigenvalue weighted by molar-refractivity contribution is 0.974. The van der Waals surface area contributed by atoms with Crippen LogP contribution in [0.5, 0.6) is 0 Å². The Bertz CT molecular complexity index is 493. The van der Waals surface area contributed by atoms with Gasteiger partial charge in [0.05, 0.1) is 16.6 Å². The highest BCUT2D eigenvalue weighted by molar-refractivity contribution is 7.15. The van der Waals surface area contributed by atoms with Crippen LogP contribution in [0.3, 0.4) is 0 Å². The predicted molar refractivity (Wildman–Crippen MR) is 52.0 cm³/mol. The second kappa shape index (κ2) is 2.61. The van der Waals surface area contributed by atoms with Crippen LogP contribution < -0.4 is 0 Å². The molecule has 3 aromatic rings. The van der Waals surface area contributed by atoms with Crippen LogP contribution in [-0.4, -0.2) is 19.6 Å². The number of nitrogens with zero attached hydrogens (tertiary/aromatic N) is 4. The van der Waals surface area contributed by atoms with Crippen molar-refractivity contribution in [3.63, 3.8) is 0 Å². The molecule has 13 heavy (non-hydrogen) atoms. The summed E-state index contributed by atoms with van der Waals surface area (Å²) in [6, 6.07) is 0. The number of rotatable bonds is 1. The highest BCUT2D eigenvalue weighted by Crippen LogP contribution is 2.23. The standard InChI is InChI=1S/C7H4N4S2/c1-6(12-3-8-1)5-2-11-7(10-5)13-4-9-11/h1-4H. The van der Waals surface area contributed by atoms with Crippen molar-refractivity contribution in [1.29, 1.82) is 0 Å². The van der Waals surface area contributed by atoms with Gasteiger partial charge in [-0.25, -0.2) is 9.50 Å². The summed E-state index contributed by atoms with van der Waals surface area (Å²) >= 11 is 3.11. The first-order chi connectivity index (χ1) is 6.43. The number of imidazole rings is 1. The largest absolute Gasteiger partial charge is 0.252 e. The van der Waals surface area contributed by atoms with Crippen molar-refractivity contribution in [3.05, 3.63) is 23.4 Å². The van der Waals surface area contributed by atoms with Crippen LogP contribution in [0.1, 0.15) is 0 Å². The molecular weight excluding hydrogens is 204 g/mol. The molecule has 0 saturated heterocycles. The van der Waals surface area contributed by atoms with Gasteiger partial charge in [-0.1, -0.05) is 11.3 Å². The number of aromatic nitrogens is 4. The minimum atomic E-state index is 0.920. The minimum absolute atomic E-state index is 0.920. The molecule has 0 atom stereocenters. The highest BCUT2D eigenvalue weighted by atomic mass is 32.1. The van der Waals surface area contributed by atoms with E-state index < -0.39 is 0 Å². The Morgan fingerprint density at radius 2 is 2.23 bits per heavy atom. The maximum Gasteiger partial charge on any atom is 0.212 e. The smallest absolute Gasteiger partial charge is 0.212 e. The molecule has 0 aliphatic heterocycles. The molecule has 0 unspecified atom stereocenters. The van der Waals surface area contributed by atoms with E-state index in [0.717, 1.165) is 15.5 Å². The first-order valence-electron chi connectivity index (χ1n) is 3.61. The van der Waals surface area contributed by atoms with E-state index in [-0.39, 0.29) is 0 Å². The zero-order valence-corrected chi connectivity index (χ0v) is 8.05. The summed E-state index contributed by atoms with van der Waals surface area (Å²) in [6.07, 6.45) is 3.73. The first kappa shape index (κ1) is 7.16. The molecule has 3 heterocycles. The highest BCUT2D eigenvalue weighted by Gasteiger charge is 2.06. The molecule has 0 N–H and O–H groups in total. The van der Waals surface area contributed by atoms with Crippen molar-refractivity contribution in [2.24, 2.45) is 0 Å². The normalized spacial score (nSPS) is 11.1. The predicted octanol–water partition coefficient (Wildman–Crippen LogP) is 1.91. The van der Waals surface area contributed by atoms with Crippen LogP contribution in [0.15, 0.2) is 23.4 Å². The maximum absolute atomic E-state index is 4.40. The van der Waals surface area contributed by atoms with Crippen LogP contribution in [0.4, 0.5) is 0 Å². The van der Waals surface area contributed by atoms with Crippen LogP contribution in [0.25, 0.3) is 15.5 Å². The molecule has 0 aromatic carbocycles. The van der Waals surface area contributed by atoms with E-state index in [4.69, 9.17) is 0 Å². The van der Waals surface area contributed by atoms with Gasteiger partial charge in [-0.15, -0.1) is 11.3 Å². The van der Waals surface area contributed by atoms with Crippen molar-refractivity contribution in [1.82, 2.24) is 19.6 Å². The molecule has 0 bridgehead atoms. The second-order valence-corrected chi connectivity index (χ2v) is 4.16. The molecule has 0 aliphatic carbocycles. The molecule has 4 nitrogen and oxygen atoms in total. The van der Waals surface area contributed by atoms with E-state index >= 15 is 0 Å². The molecule has 0 fully saturated rings. The molecule has 6 heteroatoms. The van der Waals surface area contributed by atoms with E-state index in [2.05, 4.69) is 15.1 Å². The van der Waals surface area contributed by atoms with Gasteiger partial charge in [-0.05, 0) is 0 Å². The topological polar surface area (TPSA) is 43.1 Å². The van der Waals surface area contributed by atoms with Crippen molar-refractivity contribution in [3.8, 4) is 10.6 Å². The Hall–Kier alpha value is -1.27. The van der Waals surface area contributed by atoms with E-state index in [1.54, 1.807) is 26.9 Å². The molecule has 64 valence electrons. The number of thiazole rings is 1. The fourth-order valence-corrected chi connectivity index (χ4v) is 2.28. The van der Waals surface area contributed by atoms with Gasteiger partial charge >= 0.3 is 0 Å². The summed E-state index contributed by atoms with van der Waals surface area (Å²) in [5, 5.41) is 4.11. The summed E-state index contributed by atoms with van der Waals surface area (Å²) in [7, 11) is 0. The Balaban J connectivity index is 2.23. The third-order valence-corrected chi connectivity index (χ3v) is 3.16. The average Bonchev–Trinajstić information content (AvgIpc) is 2.78. The number of hydrogen-bond donors (Lipinski definition) is 0. The van der Waals surface area contributed by atoms with Crippen molar-refractivity contribution in [2.75, 3.05) is 0 Å². The quantitative estimate of drug-likeness (QED) is 0.613. The van der Waals surface area contributed by atoms with Crippen LogP contribution in [0.2, 0.25) is 0 Å². The molecule has 0 aliphatic rings. The van der Waals surface area contributed by atoms with E-state index in [1.807, 2.05) is 12.4 Å². The Morgan fingerprint density at radius 3 is 3.00 bits per heavy atom. The van der Waals surface area contributed by atoms with Crippen LogP contribution in [0, 0.1) is 0 Å². The van der Waals surface area contributed by atoms with Gasteiger partial charge in [0.25, 0.3) is 0 Å². The van der Waals surface area contributed by atoms with Gasteiger partial charge in [0, 0.05) is 6.20 Å². The summed E-state index contributed by atoms with van der Waals surface area (Å²) in [5.74, 6) is 0. The Kier molecular flexibility index (Phi) is 1.44. The molecule has 3 rings (SSSR count). The summed E-state index contributed by atoms with van der Waals surface area (Å²) in [5.41, 5.74) is 4.52. The van der Waals surface area contributed by atoms with Gasteiger partial charge in [0.2, 0.25) is 4.96 Å². The second-order valence-electron chi connectivity index (χ2n) is 2.46. The summed E-state index contributed by atoms with van der Waals surface area (Å²) < 4.78 is 1.78. The van der Waals surface area contributed by atoms with Gasteiger partial charge < -0.3 is 0 Å². The number of hydrogen-bond acceptors (Lipinski definition) is 5. The maximum atomic E-state index is 4.40. The molecule has 0 radical (unpaired) electrons. The molecule has 0 amide bonds. The van der Waals surface area contributed by atoms with Gasteiger partial charge in [0.1, 0.15) is 11.2 Å². The zero-order valence-electron chi connectivity index (χ0n) is 6.41. The van der Waals surface area contributed by atoms with Crippen molar-refractivity contribution >= 4 is 27.6 Å².